The molecular formula is C14H20O2. The van der Waals surface area contributed by atoms with Gasteiger partial charge in [-0.1, -0.05) is 39.8 Å². The quantitative estimate of drug-likeness (QED) is 0.544. The van der Waals surface area contributed by atoms with Crippen molar-refractivity contribution in [2.24, 2.45) is 23.2 Å². The third-order valence-corrected chi connectivity index (χ3v) is 3.96. The van der Waals surface area contributed by atoms with Gasteiger partial charge in [-0.15, -0.1) is 0 Å². The first-order valence-electron chi connectivity index (χ1n) is 5.98. The van der Waals surface area contributed by atoms with Gasteiger partial charge in [0.15, 0.2) is 0 Å². The van der Waals surface area contributed by atoms with Crippen molar-refractivity contribution in [3.63, 3.8) is 0 Å². The van der Waals surface area contributed by atoms with Crippen molar-refractivity contribution in [1.29, 1.82) is 0 Å². The summed E-state index contributed by atoms with van der Waals surface area (Å²) in [5.41, 5.74) is 1.53. The summed E-state index contributed by atoms with van der Waals surface area (Å²) in [5.74, 6) is 0.755. The summed E-state index contributed by atoms with van der Waals surface area (Å²) >= 11 is 0. The average molecular weight is 220 g/mol. The van der Waals surface area contributed by atoms with Crippen LogP contribution in [0.1, 0.15) is 34.1 Å². The first kappa shape index (κ1) is 11.4. The minimum Gasteiger partial charge on any atom is -0.478 e. The van der Waals surface area contributed by atoms with Crippen LogP contribution in [0.3, 0.4) is 0 Å². The zero-order valence-electron chi connectivity index (χ0n) is 10.4. The van der Waals surface area contributed by atoms with Crippen LogP contribution in [0, 0.1) is 23.2 Å². The van der Waals surface area contributed by atoms with E-state index in [2.05, 4.69) is 19.1 Å². The molecule has 0 saturated heterocycles. The van der Waals surface area contributed by atoms with Crippen molar-refractivity contribution in [2.45, 2.75) is 34.1 Å². The first-order valence-corrected chi connectivity index (χ1v) is 5.98. The molecule has 88 valence electrons. The Morgan fingerprint density at radius 3 is 2.56 bits per heavy atom. The van der Waals surface area contributed by atoms with Crippen LogP contribution in [0.5, 0.6) is 0 Å². The minimum atomic E-state index is -0.742. The second-order valence-electron chi connectivity index (χ2n) is 6.03. The maximum absolute atomic E-state index is 11.4. The summed E-state index contributed by atoms with van der Waals surface area (Å²) in [6, 6.07) is 0. The molecule has 2 rings (SSSR count). The molecule has 2 nitrogen and oxygen atoms in total. The summed E-state index contributed by atoms with van der Waals surface area (Å²) in [4.78, 5) is 11.4. The maximum Gasteiger partial charge on any atom is 0.332 e. The molecule has 0 spiro atoms. The highest BCUT2D eigenvalue weighted by Crippen LogP contribution is 2.54. The second kappa shape index (κ2) is 3.47. The van der Waals surface area contributed by atoms with E-state index >= 15 is 0 Å². The normalized spacial score (nSPS) is 35.6. The number of carboxylic acids is 1. The van der Waals surface area contributed by atoms with Crippen LogP contribution in [-0.2, 0) is 4.79 Å². The highest BCUT2D eigenvalue weighted by atomic mass is 16.4. The molecule has 0 bridgehead atoms. The average Bonchev–Trinajstić information content (AvgIpc) is 2.55. The van der Waals surface area contributed by atoms with Crippen molar-refractivity contribution < 1.29 is 9.90 Å². The molecule has 2 aliphatic rings. The van der Waals surface area contributed by atoms with Crippen LogP contribution in [0.2, 0.25) is 0 Å². The Kier molecular flexibility index (Phi) is 2.48. The molecule has 0 aromatic heterocycles. The number of hydrogen-bond donors (Lipinski definition) is 1. The zero-order valence-corrected chi connectivity index (χ0v) is 10.4. The topological polar surface area (TPSA) is 37.3 Å². The lowest BCUT2D eigenvalue weighted by atomic mass is 9.59. The summed E-state index contributed by atoms with van der Waals surface area (Å²) in [5, 5.41) is 9.40. The fraction of sp³-hybridized carbons (Fsp3) is 0.643. The first-order chi connectivity index (χ1) is 7.34. The molecule has 3 atom stereocenters. The number of rotatable bonds is 1. The van der Waals surface area contributed by atoms with Gasteiger partial charge in [-0.2, -0.15) is 0 Å². The fourth-order valence-corrected chi connectivity index (χ4v) is 3.21. The number of fused-ring (bicyclic) bond motifs is 1. The van der Waals surface area contributed by atoms with E-state index in [1.807, 2.05) is 20.8 Å². The lowest BCUT2D eigenvalue weighted by Gasteiger charge is -2.44. The predicted molar refractivity (Wildman–Crippen MR) is 64.0 cm³/mol. The number of aliphatic carboxylic acids is 1. The number of carbonyl (C=O) groups is 1. The minimum absolute atomic E-state index is 0.267. The third kappa shape index (κ3) is 1.51. The Balaban J connectivity index is 2.45. The molecule has 1 N–H and O–H groups in total. The molecule has 2 heteroatoms. The molecule has 2 aliphatic carbocycles. The molecule has 16 heavy (non-hydrogen) atoms. The van der Waals surface area contributed by atoms with Gasteiger partial charge in [0.25, 0.3) is 0 Å². The molecule has 0 aliphatic heterocycles. The van der Waals surface area contributed by atoms with Crippen LogP contribution in [0.25, 0.3) is 0 Å². The monoisotopic (exact) mass is 220 g/mol. The third-order valence-electron chi connectivity index (χ3n) is 3.96. The van der Waals surface area contributed by atoms with E-state index in [4.69, 9.17) is 0 Å². The van der Waals surface area contributed by atoms with Crippen molar-refractivity contribution in [3.8, 4) is 0 Å². The largest absolute Gasteiger partial charge is 0.478 e. The second-order valence-corrected chi connectivity index (χ2v) is 6.03. The Labute approximate surface area is 97.0 Å². The Morgan fingerprint density at radius 1 is 1.44 bits per heavy atom. The van der Waals surface area contributed by atoms with Crippen molar-refractivity contribution in [3.05, 3.63) is 23.3 Å². The highest BCUT2D eigenvalue weighted by Gasteiger charge is 2.47. The number of hydrogen-bond acceptors (Lipinski definition) is 1. The molecule has 0 amide bonds. The maximum atomic E-state index is 11.4. The summed E-state index contributed by atoms with van der Waals surface area (Å²) in [6.45, 7) is 8.13. The van der Waals surface area contributed by atoms with Crippen LogP contribution >= 0.6 is 0 Å². The molecule has 0 heterocycles. The molecular weight excluding hydrogens is 200 g/mol. The van der Waals surface area contributed by atoms with Gasteiger partial charge in [0.05, 0.1) is 0 Å². The fourth-order valence-electron chi connectivity index (χ4n) is 3.21. The molecule has 1 fully saturated rings. The summed E-state index contributed by atoms with van der Waals surface area (Å²) in [6.07, 6.45) is 5.50. The van der Waals surface area contributed by atoms with Gasteiger partial charge in [0, 0.05) is 11.5 Å². The lowest BCUT2D eigenvalue weighted by Crippen LogP contribution is -2.38. The van der Waals surface area contributed by atoms with E-state index in [0.717, 1.165) is 6.42 Å². The Bertz CT molecular complexity index is 382. The van der Waals surface area contributed by atoms with E-state index in [0.29, 0.717) is 23.3 Å². The smallest absolute Gasteiger partial charge is 0.332 e. The summed E-state index contributed by atoms with van der Waals surface area (Å²) < 4.78 is 0. The number of allylic oxidation sites excluding steroid dienone is 3. The van der Waals surface area contributed by atoms with Crippen molar-refractivity contribution in [1.82, 2.24) is 0 Å². The zero-order chi connectivity index (χ0) is 12.1. The van der Waals surface area contributed by atoms with Gasteiger partial charge in [-0.3, -0.25) is 0 Å². The standard InChI is InChI=1S/C14H20O2/c1-8-9-6-5-7-10(9)11(8)12(13(15)16)14(2,3)4/h5,7-10H,6H2,1-4H3,(H,15,16)/t8?,9-,10-/m1/s1. The van der Waals surface area contributed by atoms with Crippen molar-refractivity contribution in [2.75, 3.05) is 0 Å². The van der Waals surface area contributed by atoms with Gasteiger partial charge in [0.2, 0.25) is 0 Å². The van der Waals surface area contributed by atoms with E-state index in [1.165, 1.54) is 5.57 Å². The lowest BCUT2D eigenvalue weighted by molar-refractivity contribution is -0.134. The van der Waals surface area contributed by atoms with E-state index in [9.17, 15) is 9.90 Å². The van der Waals surface area contributed by atoms with E-state index < -0.39 is 5.97 Å². The number of carboxylic acid groups (broad SMARTS) is 1. The van der Waals surface area contributed by atoms with Gasteiger partial charge >= 0.3 is 5.97 Å². The van der Waals surface area contributed by atoms with E-state index in [1.54, 1.807) is 0 Å². The van der Waals surface area contributed by atoms with Gasteiger partial charge in [-0.05, 0) is 29.2 Å². The Morgan fingerprint density at radius 2 is 2.06 bits per heavy atom. The molecule has 0 radical (unpaired) electrons. The van der Waals surface area contributed by atoms with Crippen LogP contribution < -0.4 is 0 Å². The van der Waals surface area contributed by atoms with E-state index in [-0.39, 0.29) is 5.41 Å². The van der Waals surface area contributed by atoms with Crippen LogP contribution in [0.15, 0.2) is 23.3 Å². The molecule has 1 unspecified atom stereocenters. The van der Waals surface area contributed by atoms with Crippen LogP contribution in [0.4, 0.5) is 0 Å². The molecule has 0 aromatic rings. The molecule has 0 aromatic carbocycles. The SMILES string of the molecule is CC1C(=C(C(=O)O)C(C)(C)C)[C@@H]2C=CC[C@H]12. The van der Waals surface area contributed by atoms with Gasteiger partial charge in [-0.25, -0.2) is 4.79 Å². The highest BCUT2D eigenvalue weighted by molar-refractivity contribution is 5.89. The van der Waals surface area contributed by atoms with Gasteiger partial charge in [0.1, 0.15) is 0 Å². The Hall–Kier alpha value is -1.05. The van der Waals surface area contributed by atoms with Gasteiger partial charge < -0.3 is 5.11 Å². The molecule has 1 saturated carbocycles. The predicted octanol–water partition coefficient (Wildman–Crippen LogP) is 3.26. The van der Waals surface area contributed by atoms with Crippen molar-refractivity contribution >= 4 is 5.97 Å². The van der Waals surface area contributed by atoms with Crippen LogP contribution in [-0.4, -0.2) is 11.1 Å². The summed E-state index contributed by atoms with van der Waals surface area (Å²) in [7, 11) is 0.